The smallest absolute Gasteiger partial charge is 0.462 e. The van der Waals surface area contributed by atoms with Crippen molar-refractivity contribution in [3.05, 3.63) is 22.7 Å². The summed E-state index contributed by atoms with van der Waals surface area (Å²) >= 11 is 0. The number of hydrogen-bond acceptors (Lipinski definition) is 15. The van der Waals surface area contributed by atoms with Crippen LogP contribution in [0.3, 0.4) is 0 Å². The maximum absolute atomic E-state index is 12.9. The van der Waals surface area contributed by atoms with Crippen molar-refractivity contribution in [2.45, 2.75) is 245 Å². The van der Waals surface area contributed by atoms with Crippen LogP contribution in [0.25, 0.3) is 0 Å². The minimum Gasteiger partial charge on any atom is -0.462 e. The average molecular weight is 1020 g/mol. The fourth-order valence-electron chi connectivity index (χ4n) is 8.21. The summed E-state index contributed by atoms with van der Waals surface area (Å²) in [6.45, 7) is 6.81. The Bertz CT molecular complexity index is 1680. The maximum Gasteiger partial charge on any atom is 0.481 e. The van der Waals surface area contributed by atoms with Crippen molar-refractivity contribution < 1.29 is 66.3 Å². The van der Waals surface area contributed by atoms with Crippen molar-refractivity contribution in [2.75, 3.05) is 25.6 Å². The first-order valence-corrected chi connectivity index (χ1v) is 29.3. The minimum atomic E-state index is -5.42. The second-order valence-corrected chi connectivity index (χ2v) is 22.7. The average Bonchev–Trinajstić information content (AvgIpc) is 3.56. The molecule has 0 aromatic carbocycles. The van der Waals surface area contributed by atoms with Gasteiger partial charge in [0.15, 0.2) is 12.3 Å². The molecule has 1 aromatic rings. The standard InChI is InChI=1S/C49H91N3O15P2/c1-39(2)30-26-22-18-14-10-6-5-7-13-17-21-25-29-33-45(54)65-41(36-62-44(53)32-28-24-20-16-12-9-8-11-15-19-23-27-31-40(3)4)37-63-68(58,59)67-69(60,61)64-38-42-46(55)47(56)48(66-42)52-35-34-43(50)51-49(52)57/h34-35,39-42,46-48,55-56H,5-33,36-38H2,1-4H3,(H,58,59)(H,60,61)(H2,50,51,57)/t41-,42-,46+,47?,48-/m1/s1. The number of nitrogen functional groups attached to an aromatic ring is 1. The van der Waals surface area contributed by atoms with E-state index in [1.165, 1.54) is 121 Å². The van der Waals surface area contributed by atoms with Crippen LogP contribution in [-0.4, -0.2) is 85.7 Å². The molecule has 69 heavy (non-hydrogen) atoms. The van der Waals surface area contributed by atoms with Crippen molar-refractivity contribution in [3.8, 4) is 0 Å². The van der Waals surface area contributed by atoms with Crippen LogP contribution in [0.4, 0.5) is 5.82 Å². The second-order valence-electron chi connectivity index (χ2n) is 19.7. The van der Waals surface area contributed by atoms with E-state index in [2.05, 4.69) is 37.0 Å². The van der Waals surface area contributed by atoms with Gasteiger partial charge in [-0.3, -0.25) is 23.2 Å². The van der Waals surface area contributed by atoms with E-state index < -0.39 is 83.7 Å². The Balaban J connectivity index is 1.78. The van der Waals surface area contributed by atoms with Gasteiger partial charge in [-0.1, -0.05) is 188 Å². The first kappa shape index (κ1) is 62.9. The van der Waals surface area contributed by atoms with E-state index in [0.29, 0.717) is 12.8 Å². The number of aromatic nitrogens is 2. The van der Waals surface area contributed by atoms with Gasteiger partial charge in [0.25, 0.3) is 0 Å². The number of phosphoric acid groups is 2. The van der Waals surface area contributed by atoms with Crippen molar-refractivity contribution >= 4 is 33.4 Å². The number of aliphatic hydroxyl groups excluding tert-OH is 2. The van der Waals surface area contributed by atoms with Crippen LogP contribution in [0.5, 0.6) is 0 Å². The molecule has 0 spiro atoms. The van der Waals surface area contributed by atoms with Crippen LogP contribution in [0.1, 0.15) is 220 Å². The lowest BCUT2D eigenvalue weighted by atomic mass is 10.0. The molecule has 6 N–H and O–H groups in total. The second kappa shape index (κ2) is 36.6. The fourth-order valence-corrected chi connectivity index (χ4v) is 10.3. The van der Waals surface area contributed by atoms with E-state index in [9.17, 15) is 43.5 Å². The number of esters is 2. The molecule has 1 aromatic heterocycles. The van der Waals surface area contributed by atoms with E-state index in [-0.39, 0.29) is 18.7 Å². The largest absolute Gasteiger partial charge is 0.481 e. The van der Waals surface area contributed by atoms with Gasteiger partial charge in [0, 0.05) is 19.0 Å². The molecule has 0 aliphatic carbocycles. The third kappa shape index (κ3) is 31.1. The normalized spacial score (nSPS) is 19.4. The van der Waals surface area contributed by atoms with E-state index >= 15 is 0 Å². The molecule has 1 aliphatic rings. The number of phosphoric ester groups is 2. The third-order valence-electron chi connectivity index (χ3n) is 12.3. The highest BCUT2D eigenvalue weighted by molar-refractivity contribution is 7.61. The molecule has 2 rings (SSSR count). The zero-order valence-electron chi connectivity index (χ0n) is 42.5. The number of rotatable bonds is 43. The Morgan fingerprint density at radius 1 is 0.652 bits per heavy atom. The summed E-state index contributed by atoms with van der Waals surface area (Å²) in [6.07, 6.45) is 24.8. The van der Waals surface area contributed by atoms with E-state index in [1.807, 2.05) is 0 Å². The third-order valence-corrected chi connectivity index (χ3v) is 14.9. The van der Waals surface area contributed by atoms with Gasteiger partial charge in [0.05, 0.1) is 13.2 Å². The van der Waals surface area contributed by atoms with Crippen molar-refractivity contribution in [1.82, 2.24) is 9.55 Å². The lowest BCUT2D eigenvalue weighted by Gasteiger charge is -2.21. The quantitative estimate of drug-likeness (QED) is 0.0231. The Kier molecular flexibility index (Phi) is 33.4. The van der Waals surface area contributed by atoms with E-state index in [0.717, 1.165) is 67.8 Å². The van der Waals surface area contributed by atoms with Crippen molar-refractivity contribution in [3.63, 3.8) is 0 Å². The molecule has 2 heterocycles. The minimum absolute atomic E-state index is 0.0567. The van der Waals surface area contributed by atoms with Gasteiger partial charge >= 0.3 is 33.3 Å². The summed E-state index contributed by atoms with van der Waals surface area (Å²) in [6, 6.07) is 1.25. The summed E-state index contributed by atoms with van der Waals surface area (Å²) in [5, 5.41) is 20.9. The summed E-state index contributed by atoms with van der Waals surface area (Å²) in [5.41, 5.74) is 4.60. The molecule has 18 nitrogen and oxygen atoms in total. The zero-order chi connectivity index (χ0) is 50.9. The number of ether oxygens (including phenoxy) is 3. The topological polar surface area (TPSA) is 265 Å². The highest BCUT2D eigenvalue weighted by Gasteiger charge is 2.46. The number of nitrogens with zero attached hydrogens (tertiary/aromatic N) is 2. The Morgan fingerprint density at radius 3 is 1.52 bits per heavy atom. The highest BCUT2D eigenvalue weighted by Crippen LogP contribution is 2.60. The highest BCUT2D eigenvalue weighted by atomic mass is 31.3. The molecule has 0 amide bonds. The molecular weight excluding hydrogens is 932 g/mol. The lowest BCUT2D eigenvalue weighted by molar-refractivity contribution is -0.161. The van der Waals surface area contributed by atoms with Gasteiger partial charge in [-0.25, -0.2) is 13.9 Å². The predicted octanol–water partition coefficient (Wildman–Crippen LogP) is 10.8. The zero-order valence-corrected chi connectivity index (χ0v) is 44.3. The van der Waals surface area contributed by atoms with Crippen LogP contribution in [-0.2, 0) is 46.3 Å². The summed E-state index contributed by atoms with van der Waals surface area (Å²) in [5.74, 6) is 0.287. The van der Waals surface area contributed by atoms with Gasteiger partial charge in [-0.2, -0.15) is 9.29 Å². The molecule has 3 unspecified atom stereocenters. The van der Waals surface area contributed by atoms with Gasteiger partial charge in [-0.15, -0.1) is 0 Å². The monoisotopic (exact) mass is 1020 g/mol. The molecule has 1 aliphatic heterocycles. The fraction of sp³-hybridized carbons (Fsp3) is 0.878. The molecule has 1 saturated heterocycles. The molecule has 0 saturated carbocycles. The van der Waals surface area contributed by atoms with Gasteiger partial charge in [0.2, 0.25) is 0 Å². The SMILES string of the molecule is CC(C)CCCCCCCCCCCCCCCC(=O)O[C@H](COC(=O)CCCCCCCCCCCCCCC(C)C)COP(=O)(O)OP(=O)(O)OC[C@H]1O[C@@H](n2ccc(N)nc2=O)C(O)[C@H]1O. The molecular formula is C49H91N3O15P2. The summed E-state index contributed by atoms with van der Waals surface area (Å²) < 4.78 is 56.9. The number of anilines is 1. The van der Waals surface area contributed by atoms with E-state index in [4.69, 9.17) is 29.0 Å². The first-order valence-electron chi connectivity index (χ1n) is 26.3. The number of nitrogens with two attached hydrogens (primary N) is 1. The van der Waals surface area contributed by atoms with Crippen molar-refractivity contribution in [2.24, 2.45) is 11.8 Å². The Hall–Kier alpha value is -2.24. The van der Waals surface area contributed by atoms with Crippen LogP contribution in [0.15, 0.2) is 17.1 Å². The maximum atomic E-state index is 12.9. The number of carbonyl (C=O) groups is 2. The Labute approximate surface area is 412 Å². The predicted molar refractivity (Wildman–Crippen MR) is 266 cm³/mol. The number of carbonyl (C=O) groups excluding carboxylic acids is 2. The van der Waals surface area contributed by atoms with Crippen molar-refractivity contribution in [1.29, 1.82) is 0 Å². The molecule has 7 atom stereocenters. The van der Waals surface area contributed by atoms with Gasteiger partial charge in [-0.05, 0) is 30.7 Å². The van der Waals surface area contributed by atoms with Gasteiger partial charge < -0.3 is 39.9 Å². The van der Waals surface area contributed by atoms with Crippen LogP contribution < -0.4 is 11.4 Å². The molecule has 0 bridgehead atoms. The molecule has 0 radical (unpaired) electrons. The van der Waals surface area contributed by atoms with Crippen LogP contribution in [0, 0.1) is 11.8 Å². The number of unbranched alkanes of at least 4 members (excludes halogenated alkanes) is 23. The molecule has 1 fully saturated rings. The molecule has 402 valence electrons. The molecule has 20 heteroatoms. The number of aliphatic hydroxyl groups is 2. The summed E-state index contributed by atoms with van der Waals surface area (Å²) in [7, 11) is -10.8. The summed E-state index contributed by atoms with van der Waals surface area (Å²) in [4.78, 5) is 61.9. The Morgan fingerprint density at radius 2 is 1.07 bits per heavy atom. The lowest BCUT2D eigenvalue weighted by Crippen LogP contribution is -2.36. The van der Waals surface area contributed by atoms with Crippen LogP contribution >= 0.6 is 15.6 Å². The first-order chi connectivity index (χ1) is 32.9. The van der Waals surface area contributed by atoms with Gasteiger partial charge in [0.1, 0.15) is 30.7 Å². The van der Waals surface area contributed by atoms with Crippen LogP contribution in [0.2, 0.25) is 0 Å². The number of hydrogen-bond donors (Lipinski definition) is 5. The van der Waals surface area contributed by atoms with E-state index in [1.54, 1.807) is 0 Å².